The number of rotatable bonds is 6. The lowest BCUT2D eigenvalue weighted by molar-refractivity contribution is 0.468. The molecule has 0 saturated carbocycles. The van der Waals surface area contributed by atoms with Gasteiger partial charge in [-0.2, -0.15) is 5.10 Å². The molecule has 2 aromatic rings. The monoisotopic (exact) mass is 350 g/mol. The maximum atomic E-state index is 4.43. The van der Waals surface area contributed by atoms with Gasteiger partial charge in [0.2, 0.25) is 0 Å². The molecule has 0 aliphatic rings. The molecule has 0 aliphatic heterocycles. The first kappa shape index (κ1) is 16.2. The molecule has 5 heteroatoms. The van der Waals surface area contributed by atoms with Crippen LogP contribution in [0.1, 0.15) is 49.8 Å². The topological polar surface area (TPSA) is 42.7 Å². The van der Waals surface area contributed by atoms with Crippen LogP contribution in [0.4, 0.5) is 0 Å². The van der Waals surface area contributed by atoms with Crippen molar-refractivity contribution in [2.45, 2.75) is 46.2 Å². The molecule has 2 rings (SSSR count). The van der Waals surface area contributed by atoms with Crippen molar-refractivity contribution in [2.24, 2.45) is 0 Å². The van der Waals surface area contributed by atoms with Crippen molar-refractivity contribution in [3.8, 4) is 0 Å². The molecule has 114 valence electrons. The molecule has 1 unspecified atom stereocenters. The fourth-order valence-corrected chi connectivity index (χ4v) is 2.81. The first-order valence-corrected chi connectivity index (χ1v) is 8.20. The molecule has 0 aliphatic carbocycles. The summed E-state index contributed by atoms with van der Waals surface area (Å²) in [5, 5.41) is 7.87. The minimum atomic E-state index is 0.244. The second-order valence-electron chi connectivity index (χ2n) is 5.54. The van der Waals surface area contributed by atoms with E-state index < -0.39 is 0 Å². The summed E-state index contributed by atoms with van der Waals surface area (Å²) in [5.41, 5.74) is 2.52. The largest absolute Gasteiger partial charge is 0.310 e. The van der Waals surface area contributed by atoms with Crippen LogP contribution in [-0.4, -0.2) is 21.3 Å². The molecule has 21 heavy (non-hydrogen) atoms. The van der Waals surface area contributed by atoms with E-state index in [0.29, 0.717) is 6.04 Å². The summed E-state index contributed by atoms with van der Waals surface area (Å²) in [6, 6.07) is 7.10. The Morgan fingerprint density at radius 2 is 2.10 bits per heavy atom. The predicted octanol–water partition coefficient (Wildman–Crippen LogP) is 3.82. The van der Waals surface area contributed by atoms with Crippen molar-refractivity contribution in [3.05, 3.63) is 46.0 Å². The average molecular weight is 351 g/mol. The van der Waals surface area contributed by atoms with Crippen LogP contribution in [-0.2, 0) is 6.42 Å². The van der Waals surface area contributed by atoms with E-state index >= 15 is 0 Å². The molecule has 0 bridgehead atoms. The highest BCUT2D eigenvalue weighted by atomic mass is 79.9. The lowest BCUT2D eigenvalue weighted by Gasteiger charge is -2.20. The van der Waals surface area contributed by atoms with Gasteiger partial charge in [-0.1, -0.05) is 35.0 Å². The van der Waals surface area contributed by atoms with E-state index in [1.165, 1.54) is 11.1 Å². The summed E-state index contributed by atoms with van der Waals surface area (Å²) in [6.45, 7) is 9.41. The Balaban J connectivity index is 2.26. The molecular formula is C16H23BrN4. The quantitative estimate of drug-likeness (QED) is 0.860. The van der Waals surface area contributed by atoms with E-state index in [4.69, 9.17) is 0 Å². The zero-order valence-electron chi connectivity index (χ0n) is 13.1. The zero-order valence-corrected chi connectivity index (χ0v) is 14.7. The zero-order chi connectivity index (χ0) is 15.4. The third-order valence-corrected chi connectivity index (χ3v) is 4.43. The molecule has 0 spiro atoms. The lowest BCUT2D eigenvalue weighted by Crippen LogP contribution is -2.25. The van der Waals surface area contributed by atoms with Gasteiger partial charge in [0, 0.05) is 23.0 Å². The molecule has 1 atom stereocenters. The van der Waals surface area contributed by atoms with Crippen LogP contribution in [0.2, 0.25) is 0 Å². The molecule has 1 N–H and O–H groups in total. The van der Waals surface area contributed by atoms with E-state index in [1.807, 2.05) is 4.68 Å². The van der Waals surface area contributed by atoms with Crippen LogP contribution in [0.25, 0.3) is 0 Å². The van der Waals surface area contributed by atoms with Gasteiger partial charge in [-0.3, -0.25) is 0 Å². The van der Waals surface area contributed by atoms with Gasteiger partial charge < -0.3 is 5.32 Å². The smallest absolute Gasteiger partial charge is 0.138 e. The molecule has 0 radical (unpaired) electrons. The van der Waals surface area contributed by atoms with Crippen LogP contribution in [0, 0.1) is 6.92 Å². The normalized spacial score (nSPS) is 12.9. The Bertz CT molecular complexity index is 592. The minimum Gasteiger partial charge on any atom is -0.310 e. The number of halogens is 1. The standard InChI is InChI=1S/C16H23BrN4/c1-5-18-15(13-7-6-12(4)14(17)8-13)9-16-19-10-20-21(16)11(2)3/h6-8,10-11,15,18H,5,9H2,1-4H3. The van der Waals surface area contributed by atoms with Gasteiger partial charge >= 0.3 is 0 Å². The highest BCUT2D eigenvalue weighted by Gasteiger charge is 2.17. The van der Waals surface area contributed by atoms with Gasteiger partial charge in [-0.25, -0.2) is 9.67 Å². The molecule has 1 aromatic heterocycles. The molecule has 4 nitrogen and oxygen atoms in total. The summed E-state index contributed by atoms with van der Waals surface area (Å²) < 4.78 is 3.14. The number of aromatic nitrogens is 3. The van der Waals surface area contributed by atoms with Crippen molar-refractivity contribution in [1.29, 1.82) is 0 Å². The number of nitrogens with one attached hydrogen (secondary N) is 1. The van der Waals surface area contributed by atoms with E-state index in [-0.39, 0.29) is 6.04 Å². The number of benzene rings is 1. The summed E-state index contributed by atoms with van der Waals surface area (Å²) in [4.78, 5) is 4.43. The lowest BCUT2D eigenvalue weighted by atomic mass is 10.0. The van der Waals surface area contributed by atoms with Crippen LogP contribution >= 0.6 is 15.9 Å². The van der Waals surface area contributed by atoms with Crippen molar-refractivity contribution in [3.63, 3.8) is 0 Å². The van der Waals surface area contributed by atoms with Crippen molar-refractivity contribution >= 4 is 15.9 Å². The third-order valence-electron chi connectivity index (χ3n) is 3.57. The minimum absolute atomic E-state index is 0.244. The van der Waals surface area contributed by atoms with Gasteiger partial charge in [0.15, 0.2) is 0 Å². The molecule has 1 heterocycles. The van der Waals surface area contributed by atoms with Gasteiger partial charge in [0.1, 0.15) is 12.2 Å². The number of likely N-dealkylation sites (N-methyl/N-ethyl adjacent to an activating group) is 1. The fourth-order valence-electron chi connectivity index (χ4n) is 2.41. The highest BCUT2D eigenvalue weighted by molar-refractivity contribution is 9.10. The number of hydrogen-bond acceptors (Lipinski definition) is 3. The van der Waals surface area contributed by atoms with E-state index in [2.05, 4.69) is 77.2 Å². The number of aryl methyl sites for hydroxylation is 1. The van der Waals surface area contributed by atoms with Crippen molar-refractivity contribution in [2.75, 3.05) is 6.54 Å². The van der Waals surface area contributed by atoms with Crippen molar-refractivity contribution < 1.29 is 0 Å². The number of hydrogen-bond donors (Lipinski definition) is 1. The Morgan fingerprint density at radius 1 is 1.33 bits per heavy atom. The van der Waals surface area contributed by atoms with E-state index in [9.17, 15) is 0 Å². The van der Waals surface area contributed by atoms with Crippen LogP contribution in [0.5, 0.6) is 0 Å². The Morgan fingerprint density at radius 3 is 2.71 bits per heavy atom. The van der Waals surface area contributed by atoms with Gasteiger partial charge in [0.05, 0.1) is 0 Å². The summed E-state index contributed by atoms with van der Waals surface area (Å²) in [5.74, 6) is 1.02. The average Bonchev–Trinajstić information content (AvgIpc) is 2.90. The van der Waals surface area contributed by atoms with Gasteiger partial charge in [0.25, 0.3) is 0 Å². The molecule has 0 amide bonds. The molecule has 0 fully saturated rings. The van der Waals surface area contributed by atoms with E-state index in [0.717, 1.165) is 23.3 Å². The van der Waals surface area contributed by atoms with Crippen LogP contribution in [0.15, 0.2) is 29.0 Å². The van der Waals surface area contributed by atoms with Gasteiger partial charge in [-0.15, -0.1) is 0 Å². The van der Waals surface area contributed by atoms with Crippen LogP contribution < -0.4 is 5.32 Å². The first-order valence-electron chi connectivity index (χ1n) is 7.40. The SMILES string of the molecule is CCNC(Cc1ncnn1C(C)C)c1ccc(C)c(Br)c1. The molecule has 1 aromatic carbocycles. The maximum Gasteiger partial charge on any atom is 0.138 e. The predicted molar refractivity (Wildman–Crippen MR) is 89.4 cm³/mol. The van der Waals surface area contributed by atoms with E-state index in [1.54, 1.807) is 6.33 Å². The molecular weight excluding hydrogens is 328 g/mol. The Labute approximate surface area is 135 Å². The fraction of sp³-hybridized carbons (Fsp3) is 0.500. The maximum absolute atomic E-state index is 4.43. The first-order chi connectivity index (χ1) is 10.0. The summed E-state index contributed by atoms with van der Waals surface area (Å²) in [7, 11) is 0. The second kappa shape index (κ2) is 7.18. The van der Waals surface area contributed by atoms with Crippen LogP contribution in [0.3, 0.4) is 0 Å². The van der Waals surface area contributed by atoms with Crippen molar-refractivity contribution in [1.82, 2.24) is 20.1 Å². The second-order valence-corrected chi connectivity index (χ2v) is 6.39. The summed E-state index contributed by atoms with van der Waals surface area (Å²) >= 11 is 3.62. The Kier molecular flexibility index (Phi) is 5.53. The summed E-state index contributed by atoms with van der Waals surface area (Å²) in [6.07, 6.45) is 2.48. The third kappa shape index (κ3) is 3.92. The molecule has 0 saturated heterocycles. The van der Waals surface area contributed by atoms with Gasteiger partial charge in [-0.05, 0) is 44.5 Å². The Hall–Kier alpha value is -1.20. The number of nitrogens with zero attached hydrogens (tertiary/aromatic N) is 3. The highest BCUT2D eigenvalue weighted by Crippen LogP contribution is 2.24.